The fourth-order valence-corrected chi connectivity index (χ4v) is 1.55. The van der Waals surface area contributed by atoms with E-state index in [0.717, 1.165) is 19.5 Å². The average Bonchev–Trinajstić information content (AvgIpc) is 2.03. The number of nitrogens with zero attached hydrogens (tertiary/aromatic N) is 1. The highest BCUT2D eigenvalue weighted by molar-refractivity contribution is 4.77. The van der Waals surface area contributed by atoms with E-state index >= 15 is 0 Å². The van der Waals surface area contributed by atoms with E-state index in [-0.39, 0.29) is 0 Å². The second kappa shape index (κ2) is 4.04. The zero-order chi connectivity index (χ0) is 8.27. The van der Waals surface area contributed by atoms with Gasteiger partial charge in [-0.2, -0.15) is 0 Å². The van der Waals surface area contributed by atoms with Crippen molar-refractivity contribution in [3.63, 3.8) is 0 Å². The van der Waals surface area contributed by atoms with Gasteiger partial charge in [-0.05, 0) is 7.05 Å². The SMILES string of the molecule is CO[C@H]1C[C@H](OC)CN(C)C1. The summed E-state index contributed by atoms with van der Waals surface area (Å²) in [7, 11) is 5.62. The zero-order valence-corrected chi connectivity index (χ0v) is 7.54. The Morgan fingerprint density at radius 3 is 1.91 bits per heavy atom. The van der Waals surface area contributed by atoms with E-state index in [0.29, 0.717) is 12.2 Å². The number of methoxy groups -OCH3 is 2. The molecule has 0 aromatic rings. The van der Waals surface area contributed by atoms with Crippen molar-refractivity contribution in [1.29, 1.82) is 0 Å². The minimum atomic E-state index is 0.346. The molecule has 0 bridgehead atoms. The molecular formula is C8H17NO2. The quantitative estimate of drug-likeness (QED) is 0.580. The fraction of sp³-hybridized carbons (Fsp3) is 1.00. The van der Waals surface area contributed by atoms with Gasteiger partial charge in [0.05, 0.1) is 12.2 Å². The largest absolute Gasteiger partial charge is 0.380 e. The Morgan fingerprint density at radius 2 is 1.55 bits per heavy atom. The van der Waals surface area contributed by atoms with E-state index < -0.39 is 0 Å². The van der Waals surface area contributed by atoms with Crippen LogP contribution in [-0.4, -0.2) is 51.5 Å². The summed E-state index contributed by atoms with van der Waals surface area (Å²) in [5.74, 6) is 0. The highest BCUT2D eigenvalue weighted by Crippen LogP contribution is 2.13. The van der Waals surface area contributed by atoms with Crippen molar-refractivity contribution in [3.05, 3.63) is 0 Å². The van der Waals surface area contributed by atoms with Crippen molar-refractivity contribution in [1.82, 2.24) is 4.90 Å². The van der Waals surface area contributed by atoms with E-state index in [1.165, 1.54) is 0 Å². The van der Waals surface area contributed by atoms with Crippen LogP contribution in [0.5, 0.6) is 0 Å². The minimum absolute atomic E-state index is 0.346. The molecule has 1 saturated heterocycles. The molecule has 2 atom stereocenters. The molecule has 66 valence electrons. The highest BCUT2D eigenvalue weighted by Gasteiger charge is 2.24. The van der Waals surface area contributed by atoms with E-state index in [2.05, 4.69) is 11.9 Å². The third-order valence-electron chi connectivity index (χ3n) is 2.22. The van der Waals surface area contributed by atoms with Gasteiger partial charge in [-0.3, -0.25) is 0 Å². The molecule has 0 radical (unpaired) electrons. The molecule has 0 amide bonds. The van der Waals surface area contributed by atoms with Crippen LogP contribution < -0.4 is 0 Å². The van der Waals surface area contributed by atoms with Crippen molar-refractivity contribution in [2.75, 3.05) is 34.4 Å². The van der Waals surface area contributed by atoms with Crippen LogP contribution in [0.2, 0.25) is 0 Å². The first-order valence-electron chi connectivity index (χ1n) is 4.00. The maximum absolute atomic E-state index is 5.27. The predicted molar refractivity (Wildman–Crippen MR) is 43.7 cm³/mol. The van der Waals surface area contributed by atoms with Gasteiger partial charge in [0, 0.05) is 33.7 Å². The summed E-state index contributed by atoms with van der Waals surface area (Å²) in [5, 5.41) is 0. The summed E-state index contributed by atoms with van der Waals surface area (Å²) in [6, 6.07) is 0. The highest BCUT2D eigenvalue weighted by atomic mass is 16.5. The number of likely N-dealkylation sites (N-methyl/N-ethyl adjacent to an activating group) is 1. The number of hydrogen-bond donors (Lipinski definition) is 0. The lowest BCUT2D eigenvalue weighted by atomic mass is 10.1. The van der Waals surface area contributed by atoms with Gasteiger partial charge in [0.15, 0.2) is 0 Å². The van der Waals surface area contributed by atoms with Gasteiger partial charge in [0.25, 0.3) is 0 Å². The van der Waals surface area contributed by atoms with Gasteiger partial charge >= 0.3 is 0 Å². The first kappa shape index (κ1) is 8.97. The van der Waals surface area contributed by atoms with Crippen LogP contribution in [0.1, 0.15) is 6.42 Å². The number of likely N-dealkylation sites (tertiary alicyclic amines) is 1. The maximum atomic E-state index is 5.27. The van der Waals surface area contributed by atoms with Crippen molar-refractivity contribution < 1.29 is 9.47 Å². The second-order valence-corrected chi connectivity index (χ2v) is 3.17. The average molecular weight is 159 g/mol. The Bertz CT molecular complexity index is 107. The lowest BCUT2D eigenvalue weighted by Gasteiger charge is -2.33. The predicted octanol–water partition coefficient (Wildman–Crippen LogP) is 0.352. The molecule has 0 saturated carbocycles. The van der Waals surface area contributed by atoms with Crippen molar-refractivity contribution in [2.45, 2.75) is 18.6 Å². The topological polar surface area (TPSA) is 21.7 Å². The van der Waals surface area contributed by atoms with Crippen LogP contribution in [0.25, 0.3) is 0 Å². The standard InChI is InChI=1S/C8H17NO2/c1-9-5-7(10-2)4-8(6-9)11-3/h7-8H,4-6H2,1-3H3/t7-,8-/m0/s1. The molecule has 0 N–H and O–H groups in total. The van der Waals surface area contributed by atoms with E-state index in [9.17, 15) is 0 Å². The molecule has 0 unspecified atom stereocenters. The monoisotopic (exact) mass is 159 g/mol. The van der Waals surface area contributed by atoms with E-state index in [4.69, 9.17) is 9.47 Å². The molecule has 1 heterocycles. The summed E-state index contributed by atoms with van der Waals surface area (Å²) in [6.07, 6.45) is 1.72. The Kier molecular flexibility index (Phi) is 3.30. The molecular weight excluding hydrogens is 142 g/mol. The molecule has 1 rings (SSSR count). The second-order valence-electron chi connectivity index (χ2n) is 3.17. The lowest BCUT2D eigenvalue weighted by molar-refractivity contribution is -0.0378. The Balaban J connectivity index is 2.37. The van der Waals surface area contributed by atoms with Crippen LogP contribution in [0.4, 0.5) is 0 Å². The van der Waals surface area contributed by atoms with Gasteiger partial charge in [-0.1, -0.05) is 0 Å². The fourth-order valence-electron chi connectivity index (χ4n) is 1.55. The van der Waals surface area contributed by atoms with Crippen LogP contribution in [0.15, 0.2) is 0 Å². The van der Waals surface area contributed by atoms with Crippen LogP contribution in [0, 0.1) is 0 Å². The molecule has 1 fully saturated rings. The number of rotatable bonds is 2. The van der Waals surface area contributed by atoms with Crippen LogP contribution in [0.3, 0.4) is 0 Å². The first-order chi connectivity index (χ1) is 5.26. The summed E-state index contributed by atoms with van der Waals surface area (Å²) in [5.41, 5.74) is 0. The van der Waals surface area contributed by atoms with E-state index in [1.54, 1.807) is 14.2 Å². The summed E-state index contributed by atoms with van der Waals surface area (Å²) >= 11 is 0. The molecule has 1 aliphatic rings. The summed E-state index contributed by atoms with van der Waals surface area (Å²) in [6.45, 7) is 2.05. The van der Waals surface area contributed by atoms with Crippen molar-refractivity contribution in [3.8, 4) is 0 Å². The van der Waals surface area contributed by atoms with Crippen LogP contribution >= 0.6 is 0 Å². The van der Waals surface area contributed by atoms with Gasteiger partial charge in [-0.25, -0.2) is 0 Å². The van der Waals surface area contributed by atoms with Gasteiger partial charge < -0.3 is 14.4 Å². The Morgan fingerprint density at radius 1 is 1.09 bits per heavy atom. The van der Waals surface area contributed by atoms with E-state index in [1.807, 2.05) is 0 Å². The first-order valence-corrected chi connectivity index (χ1v) is 4.00. The third-order valence-corrected chi connectivity index (χ3v) is 2.22. The minimum Gasteiger partial charge on any atom is -0.380 e. The van der Waals surface area contributed by atoms with Gasteiger partial charge in [0.2, 0.25) is 0 Å². The summed E-state index contributed by atoms with van der Waals surface area (Å²) < 4.78 is 10.5. The smallest absolute Gasteiger partial charge is 0.0723 e. The number of hydrogen-bond acceptors (Lipinski definition) is 3. The molecule has 3 heteroatoms. The Hall–Kier alpha value is -0.120. The molecule has 3 nitrogen and oxygen atoms in total. The Labute approximate surface area is 68.3 Å². The van der Waals surface area contributed by atoms with Gasteiger partial charge in [0.1, 0.15) is 0 Å². The molecule has 1 aliphatic heterocycles. The molecule has 11 heavy (non-hydrogen) atoms. The number of ether oxygens (including phenoxy) is 2. The van der Waals surface area contributed by atoms with Crippen LogP contribution in [-0.2, 0) is 9.47 Å². The van der Waals surface area contributed by atoms with Gasteiger partial charge in [-0.15, -0.1) is 0 Å². The third kappa shape index (κ3) is 2.43. The zero-order valence-electron chi connectivity index (χ0n) is 7.54. The maximum Gasteiger partial charge on any atom is 0.0723 e. The van der Waals surface area contributed by atoms with Crippen molar-refractivity contribution in [2.24, 2.45) is 0 Å². The lowest BCUT2D eigenvalue weighted by Crippen LogP contribution is -2.44. The molecule has 0 aromatic carbocycles. The normalized spacial score (nSPS) is 34.1. The molecule has 0 spiro atoms. The van der Waals surface area contributed by atoms with Crippen molar-refractivity contribution >= 4 is 0 Å². The summed E-state index contributed by atoms with van der Waals surface area (Å²) in [4.78, 5) is 2.24. The molecule has 0 aromatic heterocycles. The number of piperidine rings is 1. The molecule has 0 aliphatic carbocycles.